The van der Waals surface area contributed by atoms with Gasteiger partial charge in [-0.1, -0.05) is 0 Å². The second-order valence-corrected chi connectivity index (χ2v) is 7.40. The molecule has 1 amide bonds. The number of aromatic nitrogens is 2. The molecule has 0 aromatic carbocycles. The summed E-state index contributed by atoms with van der Waals surface area (Å²) in [7, 11) is 0. The first kappa shape index (κ1) is 18.1. The summed E-state index contributed by atoms with van der Waals surface area (Å²) in [5.74, 6) is -0.891. The van der Waals surface area contributed by atoms with Gasteiger partial charge in [0.05, 0.1) is 18.1 Å². The molecule has 130 valence electrons. The van der Waals surface area contributed by atoms with Crippen LogP contribution >= 0.6 is 11.3 Å². The third-order valence-electron chi connectivity index (χ3n) is 3.18. The van der Waals surface area contributed by atoms with Crippen molar-refractivity contribution in [1.82, 2.24) is 14.9 Å². The molecule has 2 aromatic heterocycles. The monoisotopic (exact) mass is 351 g/mol. The van der Waals surface area contributed by atoms with Crippen molar-refractivity contribution in [3.63, 3.8) is 0 Å². The van der Waals surface area contributed by atoms with Gasteiger partial charge in [0.1, 0.15) is 4.83 Å². The summed E-state index contributed by atoms with van der Waals surface area (Å²) >= 11 is 1.39. The zero-order valence-electron chi connectivity index (χ0n) is 14.2. The first-order valence-electron chi connectivity index (χ1n) is 7.61. The summed E-state index contributed by atoms with van der Waals surface area (Å²) in [6.45, 7) is 7.21. The van der Waals surface area contributed by atoms with Gasteiger partial charge in [-0.05, 0) is 39.1 Å². The summed E-state index contributed by atoms with van der Waals surface area (Å²) in [5.41, 5.74) is -0.584. The Balaban J connectivity index is 1.91. The van der Waals surface area contributed by atoms with E-state index < -0.39 is 17.6 Å². The number of rotatable bonds is 5. The molecule has 2 heterocycles. The first-order chi connectivity index (χ1) is 11.2. The summed E-state index contributed by atoms with van der Waals surface area (Å²) in [5, 5.41) is 5.08. The van der Waals surface area contributed by atoms with Crippen LogP contribution in [0.5, 0.6) is 0 Å². The van der Waals surface area contributed by atoms with Gasteiger partial charge in [0, 0.05) is 12.1 Å². The molecular weight excluding hydrogens is 330 g/mol. The lowest BCUT2D eigenvalue weighted by atomic mass is 10.1. The number of carbonyl (C=O) groups excluding carboxylic acids is 2. The molecule has 1 unspecified atom stereocenters. The minimum Gasteiger partial charge on any atom is -0.452 e. The molecule has 8 heteroatoms. The summed E-state index contributed by atoms with van der Waals surface area (Å²) < 4.78 is 6.48. The number of hydrogen-bond acceptors (Lipinski definition) is 6. The number of carbonyl (C=O) groups is 2. The van der Waals surface area contributed by atoms with Gasteiger partial charge in [-0.2, -0.15) is 0 Å². The molecular formula is C16H21N3O4S. The van der Waals surface area contributed by atoms with Crippen LogP contribution in [-0.4, -0.2) is 33.1 Å². The highest BCUT2D eigenvalue weighted by atomic mass is 32.1. The largest absolute Gasteiger partial charge is 0.452 e. The van der Waals surface area contributed by atoms with Gasteiger partial charge in [-0.3, -0.25) is 19.0 Å². The fourth-order valence-electron chi connectivity index (χ4n) is 2.05. The van der Waals surface area contributed by atoms with Crippen molar-refractivity contribution in [2.24, 2.45) is 0 Å². The molecule has 0 aliphatic carbocycles. The van der Waals surface area contributed by atoms with Gasteiger partial charge in [0.25, 0.3) is 11.5 Å². The number of nitrogens with zero attached hydrogens (tertiary/aromatic N) is 2. The van der Waals surface area contributed by atoms with E-state index in [4.69, 9.17) is 4.74 Å². The van der Waals surface area contributed by atoms with Gasteiger partial charge in [0.15, 0.2) is 6.10 Å². The van der Waals surface area contributed by atoms with Gasteiger partial charge in [-0.15, -0.1) is 11.3 Å². The van der Waals surface area contributed by atoms with Crippen molar-refractivity contribution in [3.8, 4) is 0 Å². The van der Waals surface area contributed by atoms with Crippen LogP contribution in [-0.2, 0) is 20.9 Å². The number of hydrogen-bond donors (Lipinski definition) is 1. The Morgan fingerprint density at radius 2 is 2.12 bits per heavy atom. The van der Waals surface area contributed by atoms with Gasteiger partial charge in [0.2, 0.25) is 0 Å². The van der Waals surface area contributed by atoms with E-state index in [9.17, 15) is 14.4 Å². The number of ether oxygens (including phenoxy) is 1. The van der Waals surface area contributed by atoms with E-state index in [0.717, 1.165) is 0 Å². The lowest BCUT2D eigenvalue weighted by Gasteiger charge is -2.23. The van der Waals surface area contributed by atoms with E-state index in [1.54, 1.807) is 11.4 Å². The smallest absolute Gasteiger partial charge is 0.308 e. The van der Waals surface area contributed by atoms with Crippen LogP contribution in [0.25, 0.3) is 10.2 Å². The average Bonchev–Trinajstić information content (AvgIpc) is 2.94. The standard InChI is InChI=1S/C16H21N3O4S/c1-10(13(21)18-16(2,3)4)23-12(20)5-7-19-9-17-14-11(15(19)22)6-8-24-14/h6,8-10H,5,7H2,1-4H3,(H,18,21). The quantitative estimate of drug-likeness (QED) is 0.828. The number of fused-ring (bicyclic) bond motifs is 1. The molecule has 0 saturated carbocycles. The van der Waals surface area contributed by atoms with Crippen molar-refractivity contribution in [2.45, 2.75) is 52.3 Å². The van der Waals surface area contributed by atoms with Crippen LogP contribution in [0.1, 0.15) is 34.1 Å². The molecule has 0 radical (unpaired) electrons. The summed E-state index contributed by atoms with van der Waals surface area (Å²) in [6, 6.07) is 1.71. The molecule has 0 aliphatic rings. The highest BCUT2D eigenvalue weighted by Gasteiger charge is 2.22. The predicted molar refractivity (Wildman–Crippen MR) is 91.9 cm³/mol. The van der Waals surface area contributed by atoms with E-state index in [1.807, 2.05) is 20.8 Å². The molecule has 0 spiro atoms. The van der Waals surface area contributed by atoms with Gasteiger partial charge in [-0.25, -0.2) is 4.98 Å². The fourth-order valence-corrected chi connectivity index (χ4v) is 2.77. The SMILES string of the molecule is CC(OC(=O)CCn1cnc2sccc2c1=O)C(=O)NC(C)(C)C. The normalized spacial score (nSPS) is 12.8. The topological polar surface area (TPSA) is 90.3 Å². The van der Waals surface area contributed by atoms with E-state index in [2.05, 4.69) is 10.3 Å². The molecule has 1 N–H and O–H groups in total. The zero-order chi connectivity index (χ0) is 17.9. The highest BCUT2D eigenvalue weighted by Crippen LogP contribution is 2.13. The van der Waals surface area contributed by atoms with Crippen molar-refractivity contribution >= 4 is 33.4 Å². The lowest BCUT2D eigenvalue weighted by Crippen LogP contribution is -2.46. The number of esters is 1. The van der Waals surface area contributed by atoms with Gasteiger partial charge < -0.3 is 10.1 Å². The average molecular weight is 351 g/mol. The minimum absolute atomic E-state index is 0.00956. The molecule has 0 fully saturated rings. The molecule has 24 heavy (non-hydrogen) atoms. The molecule has 1 atom stereocenters. The lowest BCUT2D eigenvalue weighted by molar-refractivity contribution is -0.155. The maximum atomic E-state index is 12.2. The highest BCUT2D eigenvalue weighted by molar-refractivity contribution is 7.16. The van der Waals surface area contributed by atoms with Crippen LogP contribution in [0.4, 0.5) is 0 Å². The number of thiophene rings is 1. The van der Waals surface area contributed by atoms with Crippen molar-refractivity contribution in [3.05, 3.63) is 28.1 Å². The molecule has 2 aromatic rings. The molecule has 0 saturated heterocycles. The van der Waals surface area contributed by atoms with Crippen LogP contribution in [0.2, 0.25) is 0 Å². The third kappa shape index (κ3) is 4.64. The molecule has 2 rings (SSSR count). The predicted octanol–water partition coefficient (Wildman–Crippen LogP) is 1.69. The Labute approximate surface area is 143 Å². The van der Waals surface area contributed by atoms with E-state index in [-0.39, 0.29) is 24.4 Å². The molecule has 7 nitrogen and oxygen atoms in total. The second-order valence-electron chi connectivity index (χ2n) is 6.50. The Hall–Kier alpha value is -2.22. The number of amides is 1. The van der Waals surface area contributed by atoms with Gasteiger partial charge >= 0.3 is 5.97 Å². The number of nitrogens with one attached hydrogen (secondary N) is 1. The zero-order valence-corrected chi connectivity index (χ0v) is 15.0. The fraction of sp³-hybridized carbons (Fsp3) is 0.500. The van der Waals surface area contributed by atoms with Crippen LogP contribution < -0.4 is 10.9 Å². The van der Waals surface area contributed by atoms with Crippen LogP contribution in [0.15, 0.2) is 22.6 Å². The Kier molecular flexibility index (Phi) is 5.38. The van der Waals surface area contributed by atoms with Crippen molar-refractivity contribution in [2.75, 3.05) is 0 Å². The van der Waals surface area contributed by atoms with Crippen LogP contribution in [0.3, 0.4) is 0 Å². The second kappa shape index (κ2) is 7.12. The van der Waals surface area contributed by atoms with Crippen molar-refractivity contribution in [1.29, 1.82) is 0 Å². The number of aryl methyl sites for hydroxylation is 1. The minimum atomic E-state index is -0.883. The maximum absolute atomic E-state index is 12.2. The summed E-state index contributed by atoms with van der Waals surface area (Å²) in [6.07, 6.45) is 0.528. The van der Waals surface area contributed by atoms with Crippen LogP contribution in [0, 0.1) is 0 Å². The van der Waals surface area contributed by atoms with E-state index in [0.29, 0.717) is 10.2 Å². The Morgan fingerprint density at radius 1 is 1.42 bits per heavy atom. The first-order valence-corrected chi connectivity index (χ1v) is 8.49. The molecule has 0 aliphatic heterocycles. The Morgan fingerprint density at radius 3 is 2.79 bits per heavy atom. The summed E-state index contributed by atoms with van der Waals surface area (Å²) in [4.78, 5) is 40.8. The van der Waals surface area contributed by atoms with E-state index in [1.165, 1.54) is 29.2 Å². The maximum Gasteiger partial charge on any atom is 0.308 e. The third-order valence-corrected chi connectivity index (χ3v) is 4.00. The van der Waals surface area contributed by atoms with Crippen molar-refractivity contribution < 1.29 is 14.3 Å². The Bertz CT molecular complexity index is 803. The van der Waals surface area contributed by atoms with E-state index >= 15 is 0 Å². The molecule has 0 bridgehead atoms.